The number of benzene rings is 1. The summed E-state index contributed by atoms with van der Waals surface area (Å²) in [4.78, 5) is 27.7. The van der Waals surface area contributed by atoms with E-state index in [2.05, 4.69) is 15.6 Å². The lowest BCUT2D eigenvalue weighted by atomic mass is 10.1. The number of hydrogen-bond acceptors (Lipinski definition) is 3. The molecule has 24 heavy (non-hydrogen) atoms. The molecule has 0 bridgehead atoms. The molecule has 0 radical (unpaired) electrons. The second kappa shape index (κ2) is 8.40. The predicted molar refractivity (Wildman–Crippen MR) is 89.2 cm³/mol. The zero-order valence-corrected chi connectivity index (χ0v) is 13.9. The summed E-state index contributed by atoms with van der Waals surface area (Å²) in [5.74, 6) is -1.09. The summed E-state index contributed by atoms with van der Waals surface area (Å²) in [5.41, 5.74) is 1.46. The molecule has 5 nitrogen and oxygen atoms in total. The van der Waals surface area contributed by atoms with Gasteiger partial charge in [0.2, 0.25) is 5.91 Å². The molecular formula is C17H17ClFN3O2. The molecule has 0 aliphatic heterocycles. The predicted octanol–water partition coefficient (Wildman–Crippen LogP) is 2.62. The SMILES string of the molecule is Cc1cc(C(=O)NCCC(=O)NCc2ccncc2)c(Cl)cc1F. The Morgan fingerprint density at radius 2 is 1.92 bits per heavy atom. The van der Waals surface area contributed by atoms with Crippen LogP contribution in [-0.4, -0.2) is 23.3 Å². The molecule has 0 aliphatic rings. The zero-order chi connectivity index (χ0) is 17.5. The Labute approximate surface area is 144 Å². The second-order valence-corrected chi connectivity index (χ2v) is 5.63. The lowest BCUT2D eigenvalue weighted by Gasteiger charge is -2.09. The topological polar surface area (TPSA) is 71.1 Å². The van der Waals surface area contributed by atoms with Gasteiger partial charge in [-0.2, -0.15) is 0 Å². The molecule has 0 spiro atoms. The Bertz CT molecular complexity index is 738. The molecular weight excluding hydrogens is 333 g/mol. The van der Waals surface area contributed by atoms with Gasteiger partial charge >= 0.3 is 0 Å². The number of carbonyl (C=O) groups excluding carboxylic acids is 2. The van der Waals surface area contributed by atoms with Crippen molar-refractivity contribution < 1.29 is 14.0 Å². The maximum atomic E-state index is 13.3. The van der Waals surface area contributed by atoms with Gasteiger partial charge in [0.1, 0.15) is 5.82 Å². The van der Waals surface area contributed by atoms with Crippen LogP contribution >= 0.6 is 11.6 Å². The van der Waals surface area contributed by atoms with Gasteiger partial charge in [0.05, 0.1) is 10.6 Å². The molecule has 0 saturated heterocycles. The molecule has 0 unspecified atom stereocenters. The molecule has 2 rings (SSSR count). The molecule has 2 N–H and O–H groups in total. The molecule has 7 heteroatoms. The molecule has 0 atom stereocenters. The average Bonchev–Trinajstić information content (AvgIpc) is 2.57. The molecule has 0 fully saturated rings. The van der Waals surface area contributed by atoms with Gasteiger partial charge in [0.15, 0.2) is 0 Å². The first-order chi connectivity index (χ1) is 11.5. The van der Waals surface area contributed by atoms with Crippen LogP contribution in [0.4, 0.5) is 4.39 Å². The van der Waals surface area contributed by atoms with Crippen LogP contribution in [0, 0.1) is 12.7 Å². The minimum Gasteiger partial charge on any atom is -0.352 e. The van der Waals surface area contributed by atoms with Gasteiger partial charge in [-0.1, -0.05) is 11.6 Å². The Kier molecular flexibility index (Phi) is 6.26. The van der Waals surface area contributed by atoms with Gasteiger partial charge in [-0.25, -0.2) is 4.39 Å². The van der Waals surface area contributed by atoms with E-state index in [0.717, 1.165) is 11.6 Å². The van der Waals surface area contributed by atoms with Gasteiger partial charge in [0.25, 0.3) is 5.91 Å². The summed E-state index contributed by atoms with van der Waals surface area (Å²) < 4.78 is 13.3. The summed E-state index contributed by atoms with van der Waals surface area (Å²) in [7, 11) is 0. The fraction of sp³-hybridized carbons (Fsp3) is 0.235. The third-order valence-electron chi connectivity index (χ3n) is 3.37. The highest BCUT2D eigenvalue weighted by Gasteiger charge is 2.13. The van der Waals surface area contributed by atoms with Crippen molar-refractivity contribution in [3.8, 4) is 0 Å². The van der Waals surface area contributed by atoms with Crippen molar-refractivity contribution in [2.75, 3.05) is 6.54 Å². The Morgan fingerprint density at radius 3 is 2.62 bits per heavy atom. The van der Waals surface area contributed by atoms with Crippen molar-refractivity contribution in [2.45, 2.75) is 19.9 Å². The van der Waals surface area contributed by atoms with E-state index < -0.39 is 11.7 Å². The van der Waals surface area contributed by atoms with Crippen LogP contribution in [0.2, 0.25) is 5.02 Å². The molecule has 2 aromatic rings. The van der Waals surface area contributed by atoms with Gasteiger partial charge < -0.3 is 10.6 Å². The van der Waals surface area contributed by atoms with E-state index in [1.165, 1.54) is 6.07 Å². The van der Waals surface area contributed by atoms with Crippen molar-refractivity contribution in [3.63, 3.8) is 0 Å². The molecule has 1 aromatic carbocycles. The Hall–Kier alpha value is -2.47. The van der Waals surface area contributed by atoms with Crippen molar-refractivity contribution in [1.82, 2.24) is 15.6 Å². The van der Waals surface area contributed by atoms with E-state index in [9.17, 15) is 14.0 Å². The second-order valence-electron chi connectivity index (χ2n) is 5.22. The van der Waals surface area contributed by atoms with E-state index in [0.29, 0.717) is 12.1 Å². The Balaban J connectivity index is 1.78. The van der Waals surface area contributed by atoms with E-state index in [-0.39, 0.29) is 29.5 Å². The minimum absolute atomic E-state index is 0.0396. The molecule has 1 heterocycles. The number of nitrogens with one attached hydrogen (secondary N) is 2. The number of nitrogens with zero attached hydrogens (tertiary/aromatic N) is 1. The average molecular weight is 350 g/mol. The van der Waals surface area contributed by atoms with Crippen LogP contribution in [-0.2, 0) is 11.3 Å². The van der Waals surface area contributed by atoms with Crippen LogP contribution in [0.25, 0.3) is 0 Å². The zero-order valence-electron chi connectivity index (χ0n) is 13.1. The maximum Gasteiger partial charge on any atom is 0.252 e. The minimum atomic E-state index is -0.466. The lowest BCUT2D eigenvalue weighted by molar-refractivity contribution is -0.121. The number of halogens is 2. The van der Waals surface area contributed by atoms with Gasteiger partial charge in [0, 0.05) is 31.9 Å². The molecule has 1 aromatic heterocycles. The van der Waals surface area contributed by atoms with Crippen molar-refractivity contribution >= 4 is 23.4 Å². The molecule has 0 saturated carbocycles. The standard InChI is InChI=1S/C17H17ClFN3O2/c1-11-8-13(14(18)9-15(11)19)17(24)21-7-4-16(23)22-10-12-2-5-20-6-3-12/h2-3,5-6,8-9H,4,7,10H2,1H3,(H,21,24)(H,22,23). The summed E-state index contributed by atoms with van der Waals surface area (Å²) in [6.07, 6.45) is 3.43. The molecule has 0 aliphatic carbocycles. The quantitative estimate of drug-likeness (QED) is 0.842. The first-order valence-electron chi connectivity index (χ1n) is 7.37. The van der Waals surface area contributed by atoms with E-state index in [4.69, 9.17) is 11.6 Å². The highest BCUT2D eigenvalue weighted by molar-refractivity contribution is 6.33. The van der Waals surface area contributed by atoms with Crippen molar-refractivity contribution in [2.24, 2.45) is 0 Å². The van der Waals surface area contributed by atoms with Gasteiger partial charge in [-0.15, -0.1) is 0 Å². The fourth-order valence-electron chi connectivity index (χ4n) is 2.01. The number of amides is 2. The number of aromatic nitrogens is 1. The van der Waals surface area contributed by atoms with Gasteiger partial charge in [-0.3, -0.25) is 14.6 Å². The summed E-state index contributed by atoms with van der Waals surface area (Å²) in [6.45, 7) is 2.11. The number of hydrogen-bond donors (Lipinski definition) is 2. The number of carbonyl (C=O) groups is 2. The Morgan fingerprint density at radius 1 is 1.21 bits per heavy atom. The van der Waals surface area contributed by atoms with Crippen LogP contribution in [0.15, 0.2) is 36.7 Å². The van der Waals surface area contributed by atoms with E-state index >= 15 is 0 Å². The van der Waals surface area contributed by atoms with Crippen LogP contribution in [0.3, 0.4) is 0 Å². The van der Waals surface area contributed by atoms with Crippen LogP contribution in [0.1, 0.15) is 27.9 Å². The monoisotopic (exact) mass is 349 g/mol. The summed E-state index contributed by atoms with van der Waals surface area (Å²) in [6, 6.07) is 6.10. The van der Waals surface area contributed by atoms with Crippen LogP contribution < -0.4 is 10.6 Å². The summed E-state index contributed by atoms with van der Waals surface area (Å²) in [5, 5.41) is 5.39. The highest BCUT2D eigenvalue weighted by atomic mass is 35.5. The number of pyridine rings is 1. The number of aryl methyl sites for hydroxylation is 1. The van der Waals surface area contributed by atoms with Gasteiger partial charge in [-0.05, 0) is 42.3 Å². The first-order valence-corrected chi connectivity index (χ1v) is 7.74. The maximum absolute atomic E-state index is 13.3. The summed E-state index contributed by atoms with van der Waals surface area (Å²) >= 11 is 5.87. The molecule has 2 amide bonds. The van der Waals surface area contributed by atoms with Crippen molar-refractivity contribution in [1.29, 1.82) is 0 Å². The van der Waals surface area contributed by atoms with Crippen LogP contribution in [0.5, 0.6) is 0 Å². The smallest absolute Gasteiger partial charge is 0.252 e. The van der Waals surface area contributed by atoms with Crippen molar-refractivity contribution in [3.05, 3.63) is 64.2 Å². The fourth-order valence-corrected chi connectivity index (χ4v) is 2.24. The number of rotatable bonds is 6. The molecule has 126 valence electrons. The third kappa shape index (κ3) is 5.03. The van der Waals surface area contributed by atoms with E-state index in [1.807, 2.05) is 0 Å². The highest BCUT2D eigenvalue weighted by Crippen LogP contribution is 2.20. The lowest BCUT2D eigenvalue weighted by Crippen LogP contribution is -2.30. The first kappa shape index (κ1) is 17.9. The third-order valence-corrected chi connectivity index (χ3v) is 3.68. The van der Waals surface area contributed by atoms with E-state index in [1.54, 1.807) is 31.5 Å². The normalized spacial score (nSPS) is 10.3. The largest absolute Gasteiger partial charge is 0.352 e.